The highest BCUT2D eigenvalue weighted by Crippen LogP contribution is 2.34. The molecule has 0 spiro atoms. The molecule has 0 unspecified atom stereocenters. The molecular formula is C17H12ClF5N4O2. The molecule has 1 atom stereocenters. The summed E-state index contributed by atoms with van der Waals surface area (Å²) in [5, 5.41) is 4.15. The van der Waals surface area contributed by atoms with Crippen molar-refractivity contribution in [2.24, 2.45) is 0 Å². The van der Waals surface area contributed by atoms with Gasteiger partial charge in [-0.2, -0.15) is 13.2 Å². The number of halogens is 6. The summed E-state index contributed by atoms with van der Waals surface area (Å²) in [4.78, 5) is 29.0. The van der Waals surface area contributed by atoms with E-state index < -0.39 is 47.9 Å². The molecule has 0 fully saturated rings. The van der Waals surface area contributed by atoms with Gasteiger partial charge in [0.15, 0.2) is 6.04 Å². The van der Waals surface area contributed by atoms with Crippen LogP contribution in [0.15, 0.2) is 30.5 Å². The number of anilines is 1. The molecule has 3 amide bonds. The summed E-state index contributed by atoms with van der Waals surface area (Å²) >= 11 is 5.94. The summed E-state index contributed by atoms with van der Waals surface area (Å²) in [6, 6.07) is -0.448. The van der Waals surface area contributed by atoms with E-state index in [1.165, 1.54) is 12.3 Å². The van der Waals surface area contributed by atoms with Gasteiger partial charge in [0.05, 0.1) is 12.2 Å². The number of urea groups is 1. The van der Waals surface area contributed by atoms with Gasteiger partial charge in [0.2, 0.25) is 5.91 Å². The fraction of sp³-hybridized carbons (Fsp3) is 0.235. The van der Waals surface area contributed by atoms with Crippen LogP contribution in [0.5, 0.6) is 0 Å². The number of carbonyl (C=O) groups is 2. The van der Waals surface area contributed by atoms with E-state index in [0.717, 1.165) is 4.90 Å². The third kappa shape index (κ3) is 4.56. The molecular weight excluding hydrogens is 423 g/mol. The first kappa shape index (κ1) is 20.8. The number of hydrogen-bond donors (Lipinski definition) is 2. The average molecular weight is 435 g/mol. The SMILES string of the molecule is O=C(CN1Cc2c(ccnc2Cl)NC1=O)N[C@H](c1ccc(F)cc1F)C(F)(F)F. The number of amides is 3. The Kier molecular flexibility index (Phi) is 5.60. The monoisotopic (exact) mass is 434 g/mol. The molecule has 0 saturated heterocycles. The molecule has 2 N–H and O–H groups in total. The first-order chi connectivity index (χ1) is 13.6. The lowest BCUT2D eigenvalue weighted by Gasteiger charge is -2.30. The molecule has 1 aliphatic heterocycles. The van der Waals surface area contributed by atoms with Crippen LogP contribution in [0.4, 0.5) is 32.4 Å². The number of nitrogens with zero attached hydrogens (tertiary/aromatic N) is 2. The van der Waals surface area contributed by atoms with Gasteiger partial charge in [-0.05, 0) is 12.1 Å². The van der Waals surface area contributed by atoms with Crippen LogP contribution in [0.3, 0.4) is 0 Å². The van der Waals surface area contributed by atoms with Gasteiger partial charge < -0.3 is 15.5 Å². The van der Waals surface area contributed by atoms with Crippen LogP contribution in [0.1, 0.15) is 17.2 Å². The summed E-state index contributed by atoms with van der Waals surface area (Å²) in [7, 11) is 0. The Morgan fingerprint density at radius 3 is 2.69 bits per heavy atom. The van der Waals surface area contributed by atoms with Crippen LogP contribution in [0.2, 0.25) is 5.15 Å². The highest BCUT2D eigenvalue weighted by atomic mass is 35.5. The molecule has 154 valence electrons. The Balaban J connectivity index is 1.77. The van der Waals surface area contributed by atoms with Crippen LogP contribution in [-0.4, -0.2) is 34.5 Å². The Bertz CT molecular complexity index is 969. The fourth-order valence-electron chi connectivity index (χ4n) is 2.77. The number of hydrogen-bond acceptors (Lipinski definition) is 3. The zero-order valence-electron chi connectivity index (χ0n) is 14.4. The molecule has 6 nitrogen and oxygen atoms in total. The van der Waals surface area contributed by atoms with E-state index in [-0.39, 0.29) is 17.8 Å². The van der Waals surface area contributed by atoms with Gasteiger partial charge in [-0.15, -0.1) is 0 Å². The van der Waals surface area contributed by atoms with Gasteiger partial charge in [-0.25, -0.2) is 18.6 Å². The van der Waals surface area contributed by atoms with E-state index in [4.69, 9.17) is 11.6 Å². The van der Waals surface area contributed by atoms with Crippen molar-refractivity contribution in [1.29, 1.82) is 0 Å². The summed E-state index contributed by atoms with van der Waals surface area (Å²) in [5.41, 5.74) is -0.195. The third-order valence-corrected chi connectivity index (χ3v) is 4.45. The highest BCUT2D eigenvalue weighted by Gasteiger charge is 2.43. The van der Waals surface area contributed by atoms with Gasteiger partial charge in [0.25, 0.3) is 0 Å². The Morgan fingerprint density at radius 2 is 2.03 bits per heavy atom. The lowest BCUT2D eigenvalue weighted by Crippen LogP contribution is -2.47. The van der Waals surface area contributed by atoms with Crippen molar-refractivity contribution in [2.45, 2.75) is 18.8 Å². The quantitative estimate of drug-likeness (QED) is 0.568. The molecule has 0 radical (unpaired) electrons. The van der Waals surface area contributed by atoms with Crippen molar-refractivity contribution >= 4 is 29.2 Å². The average Bonchev–Trinajstić information content (AvgIpc) is 2.61. The predicted octanol–water partition coefficient (Wildman–Crippen LogP) is 3.78. The number of alkyl halides is 3. The molecule has 29 heavy (non-hydrogen) atoms. The van der Waals surface area contributed by atoms with Crippen LogP contribution in [0.25, 0.3) is 0 Å². The van der Waals surface area contributed by atoms with Crippen molar-refractivity contribution in [1.82, 2.24) is 15.2 Å². The normalized spacial score (nSPS) is 14.8. The second-order valence-corrected chi connectivity index (χ2v) is 6.48. The maximum atomic E-state index is 13.8. The van der Waals surface area contributed by atoms with Crippen LogP contribution in [0, 0.1) is 11.6 Å². The summed E-state index contributed by atoms with van der Waals surface area (Å²) in [5.74, 6) is -3.72. The first-order valence-electron chi connectivity index (χ1n) is 8.06. The number of aromatic nitrogens is 1. The van der Waals surface area contributed by atoms with E-state index in [1.807, 2.05) is 0 Å². The van der Waals surface area contributed by atoms with E-state index in [9.17, 15) is 31.5 Å². The molecule has 1 aromatic heterocycles. The smallest absolute Gasteiger partial charge is 0.339 e. The van der Waals surface area contributed by atoms with Crippen molar-refractivity contribution in [3.05, 3.63) is 58.4 Å². The van der Waals surface area contributed by atoms with E-state index in [0.29, 0.717) is 23.4 Å². The number of carbonyl (C=O) groups excluding carboxylic acids is 2. The first-order valence-corrected chi connectivity index (χ1v) is 8.44. The number of benzene rings is 1. The van der Waals surface area contributed by atoms with Crippen molar-refractivity contribution < 1.29 is 31.5 Å². The van der Waals surface area contributed by atoms with Gasteiger partial charge in [0.1, 0.15) is 23.3 Å². The van der Waals surface area contributed by atoms with Crippen LogP contribution >= 0.6 is 11.6 Å². The predicted molar refractivity (Wildman–Crippen MR) is 92.0 cm³/mol. The molecule has 2 heterocycles. The number of pyridine rings is 1. The maximum absolute atomic E-state index is 13.8. The van der Waals surface area contributed by atoms with E-state index in [1.54, 1.807) is 5.32 Å². The topological polar surface area (TPSA) is 74.3 Å². The Morgan fingerprint density at radius 1 is 1.31 bits per heavy atom. The molecule has 0 bridgehead atoms. The summed E-state index contributed by atoms with van der Waals surface area (Å²) in [6.45, 7) is -0.922. The van der Waals surface area contributed by atoms with Gasteiger partial charge in [-0.1, -0.05) is 17.7 Å². The Labute approximate surface area is 165 Å². The van der Waals surface area contributed by atoms with Gasteiger partial charge >= 0.3 is 12.2 Å². The second kappa shape index (κ2) is 7.82. The number of rotatable bonds is 4. The standard InChI is InChI=1S/C17H12ClF5N4O2/c18-15-10-6-27(16(29)25-12(10)3-4-24-15)7-13(28)26-14(17(21,22)23)9-2-1-8(19)5-11(9)20/h1-5,14H,6-7H2,(H,25,29)(H,26,28)/t14-/m1/s1. The molecule has 3 rings (SSSR count). The minimum absolute atomic E-state index is 0.0643. The zero-order valence-corrected chi connectivity index (χ0v) is 15.1. The minimum atomic E-state index is -5.06. The lowest BCUT2D eigenvalue weighted by atomic mass is 10.1. The second-order valence-electron chi connectivity index (χ2n) is 6.12. The van der Waals surface area contributed by atoms with E-state index in [2.05, 4.69) is 10.3 Å². The summed E-state index contributed by atoms with van der Waals surface area (Å²) in [6.07, 6.45) is -3.70. The lowest BCUT2D eigenvalue weighted by molar-refractivity contribution is -0.164. The molecule has 0 aliphatic carbocycles. The third-order valence-electron chi connectivity index (χ3n) is 4.12. The number of fused-ring (bicyclic) bond motifs is 1. The molecule has 0 saturated carbocycles. The van der Waals surface area contributed by atoms with Crippen molar-refractivity contribution in [3.63, 3.8) is 0 Å². The van der Waals surface area contributed by atoms with Crippen molar-refractivity contribution in [3.8, 4) is 0 Å². The van der Waals surface area contributed by atoms with E-state index >= 15 is 0 Å². The summed E-state index contributed by atoms with van der Waals surface area (Å²) < 4.78 is 66.9. The zero-order chi connectivity index (χ0) is 21.3. The minimum Gasteiger partial charge on any atom is -0.339 e. The largest absolute Gasteiger partial charge is 0.412 e. The van der Waals surface area contributed by atoms with Gasteiger partial charge in [0, 0.05) is 23.4 Å². The van der Waals surface area contributed by atoms with Crippen LogP contribution < -0.4 is 10.6 Å². The Hall–Kier alpha value is -2.95. The number of nitrogens with one attached hydrogen (secondary N) is 2. The molecule has 1 aliphatic rings. The molecule has 12 heteroatoms. The van der Waals surface area contributed by atoms with Gasteiger partial charge in [-0.3, -0.25) is 4.79 Å². The molecule has 1 aromatic carbocycles. The fourth-order valence-corrected chi connectivity index (χ4v) is 2.99. The van der Waals surface area contributed by atoms with Crippen molar-refractivity contribution in [2.75, 3.05) is 11.9 Å². The maximum Gasteiger partial charge on any atom is 0.412 e. The molecule has 2 aromatic rings. The highest BCUT2D eigenvalue weighted by molar-refractivity contribution is 6.30. The van der Waals surface area contributed by atoms with Crippen LogP contribution in [-0.2, 0) is 11.3 Å².